The van der Waals surface area contributed by atoms with Crippen molar-refractivity contribution in [3.63, 3.8) is 0 Å². The number of aromatic amines is 1. The molecule has 1 heterocycles. The highest BCUT2D eigenvalue weighted by atomic mass is 16.5. The zero-order chi connectivity index (χ0) is 21.7. The first-order chi connectivity index (χ1) is 14.5. The Hall–Kier alpha value is -4.19. The number of nitriles is 1. The standard InChI is InChI=1S/C21H19N3O6/c1-27-17-9-19(29-3)18(28-2)8-12(17)21(26)30-11-16(25)13(10-22)20-23-14-6-4-5-7-15(14)24-20/h4-9,25H,11H2,1-3H3,(H,23,24)/b16-13-. The molecular weight excluding hydrogens is 390 g/mol. The van der Waals surface area contributed by atoms with Crippen LogP contribution in [0.3, 0.4) is 0 Å². The van der Waals surface area contributed by atoms with Gasteiger partial charge in [0.1, 0.15) is 29.6 Å². The van der Waals surface area contributed by atoms with Crippen molar-refractivity contribution in [2.45, 2.75) is 0 Å². The average Bonchev–Trinajstić information content (AvgIpc) is 3.20. The van der Waals surface area contributed by atoms with Gasteiger partial charge >= 0.3 is 5.97 Å². The normalized spacial score (nSPS) is 11.4. The minimum atomic E-state index is -0.777. The van der Waals surface area contributed by atoms with Crippen molar-refractivity contribution in [2.75, 3.05) is 27.9 Å². The smallest absolute Gasteiger partial charge is 0.342 e. The van der Waals surface area contributed by atoms with Crippen molar-refractivity contribution in [1.29, 1.82) is 5.26 Å². The van der Waals surface area contributed by atoms with Crippen molar-refractivity contribution in [3.8, 4) is 23.3 Å². The molecule has 0 saturated carbocycles. The summed E-state index contributed by atoms with van der Waals surface area (Å²) >= 11 is 0. The van der Waals surface area contributed by atoms with Gasteiger partial charge in [-0.05, 0) is 12.1 Å². The molecule has 0 aliphatic rings. The number of rotatable bonds is 7. The van der Waals surface area contributed by atoms with E-state index in [0.717, 1.165) is 0 Å². The van der Waals surface area contributed by atoms with Crippen molar-refractivity contribution in [1.82, 2.24) is 9.97 Å². The predicted octanol–water partition coefficient (Wildman–Crippen LogP) is 3.24. The van der Waals surface area contributed by atoms with Gasteiger partial charge in [-0.15, -0.1) is 0 Å². The minimum Gasteiger partial charge on any atom is -0.507 e. The lowest BCUT2D eigenvalue weighted by atomic mass is 10.1. The molecule has 0 bridgehead atoms. The van der Waals surface area contributed by atoms with Crippen LogP contribution in [0.5, 0.6) is 17.2 Å². The summed E-state index contributed by atoms with van der Waals surface area (Å²) in [6, 6.07) is 12.0. The van der Waals surface area contributed by atoms with Crippen LogP contribution < -0.4 is 14.2 Å². The number of para-hydroxylation sites is 2. The first kappa shape index (κ1) is 20.5. The fourth-order valence-electron chi connectivity index (χ4n) is 2.80. The lowest BCUT2D eigenvalue weighted by molar-refractivity contribution is 0.0498. The van der Waals surface area contributed by atoms with Gasteiger partial charge in [0.05, 0.1) is 32.4 Å². The number of aliphatic hydroxyl groups excluding tert-OH is 1. The lowest BCUT2D eigenvalue weighted by Crippen LogP contribution is -2.11. The topological polar surface area (TPSA) is 127 Å². The Kier molecular flexibility index (Phi) is 6.08. The van der Waals surface area contributed by atoms with Crippen molar-refractivity contribution < 1.29 is 28.8 Å². The molecule has 154 valence electrons. The van der Waals surface area contributed by atoms with Crippen molar-refractivity contribution in [3.05, 3.63) is 53.5 Å². The summed E-state index contributed by atoms with van der Waals surface area (Å²) in [6.45, 7) is -0.531. The zero-order valence-corrected chi connectivity index (χ0v) is 16.6. The quantitative estimate of drug-likeness (QED) is 0.346. The van der Waals surface area contributed by atoms with Crippen molar-refractivity contribution >= 4 is 22.6 Å². The summed E-state index contributed by atoms with van der Waals surface area (Å²) in [6.07, 6.45) is 0. The van der Waals surface area contributed by atoms with E-state index in [4.69, 9.17) is 18.9 Å². The van der Waals surface area contributed by atoms with Gasteiger partial charge in [-0.25, -0.2) is 9.78 Å². The van der Waals surface area contributed by atoms with Gasteiger partial charge in [-0.3, -0.25) is 0 Å². The van der Waals surface area contributed by atoms with Gasteiger partial charge in [0.2, 0.25) is 0 Å². The second kappa shape index (κ2) is 8.87. The van der Waals surface area contributed by atoms with Crippen molar-refractivity contribution in [2.24, 2.45) is 0 Å². The molecule has 30 heavy (non-hydrogen) atoms. The van der Waals surface area contributed by atoms with Crippen LogP contribution in [0.4, 0.5) is 0 Å². The van der Waals surface area contributed by atoms with Crippen LogP contribution >= 0.6 is 0 Å². The molecule has 1 aromatic heterocycles. The number of methoxy groups -OCH3 is 3. The van der Waals surface area contributed by atoms with E-state index in [0.29, 0.717) is 22.5 Å². The highest BCUT2D eigenvalue weighted by Crippen LogP contribution is 2.35. The number of nitrogens with one attached hydrogen (secondary N) is 1. The van der Waals surface area contributed by atoms with Crippen LogP contribution in [0.15, 0.2) is 42.2 Å². The summed E-state index contributed by atoms with van der Waals surface area (Å²) in [5, 5.41) is 19.8. The van der Waals surface area contributed by atoms with Crippen LogP contribution in [0, 0.1) is 11.3 Å². The Labute approximate surface area is 172 Å². The van der Waals surface area contributed by atoms with E-state index < -0.39 is 18.3 Å². The molecule has 0 unspecified atom stereocenters. The Morgan fingerprint density at radius 1 is 1.10 bits per heavy atom. The van der Waals surface area contributed by atoms with Crippen LogP contribution in [0.1, 0.15) is 16.2 Å². The highest BCUT2D eigenvalue weighted by Gasteiger charge is 2.21. The number of ether oxygens (including phenoxy) is 4. The molecule has 0 atom stereocenters. The first-order valence-electron chi connectivity index (χ1n) is 8.76. The Balaban J connectivity index is 1.84. The molecule has 0 amide bonds. The summed E-state index contributed by atoms with van der Waals surface area (Å²) in [5.41, 5.74) is 1.30. The number of aliphatic hydroxyl groups is 1. The number of fused-ring (bicyclic) bond motifs is 1. The van der Waals surface area contributed by atoms with E-state index in [-0.39, 0.29) is 22.7 Å². The summed E-state index contributed by atoms with van der Waals surface area (Å²) in [7, 11) is 4.28. The molecule has 0 spiro atoms. The Morgan fingerprint density at radius 3 is 2.40 bits per heavy atom. The van der Waals surface area contributed by atoms with E-state index in [9.17, 15) is 15.2 Å². The number of carbonyl (C=O) groups is 1. The molecule has 0 saturated heterocycles. The predicted molar refractivity (Wildman–Crippen MR) is 108 cm³/mol. The molecule has 0 fully saturated rings. The number of nitrogens with zero attached hydrogens (tertiary/aromatic N) is 2. The molecule has 9 nitrogen and oxygen atoms in total. The molecule has 9 heteroatoms. The fourth-order valence-corrected chi connectivity index (χ4v) is 2.80. The van der Waals surface area contributed by atoms with Crippen LogP contribution in [0.2, 0.25) is 0 Å². The highest BCUT2D eigenvalue weighted by molar-refractivity contribution is 5.94. The largest absolute Gasteiger partial charge is 0.507 e. The number of H-pyrrole nitrogens is 1. The SMILES string of the molecule is COc1cc(OC)c(C(=O)OC/C(O)=C(\C#N)c2nc3ccccc3[nH]2)cc1OC. The number of imidazole rings is 1. The van der Waals surface area contributed by atoms with Gasteiger partial charge in [0.25, 0.3) is 0 Å². The molecule has 0 aliphatic heterocycles. The molecule has 0 aliphatic carbocycles. The van der Waals surface area contributed by atoms with Gasteiger partial charge in [-0.1, -0.05) is 12.1 Å². The fraction of sp³-hybridized carbons (Fsp3) is 0.190. The average molecular weight is 409 g/mol. The molecule has 3 rings (SSSR count). The number of allylic oxidation sites excluding steroid dienone is 1. The maximum absolute atomic E-state index is 12.5. The van der Waals surface area contributed by atoms with E-state index >= 15 is 0 Å². The summed E-state index contributed by atoms with van der Waals surface area (Å²) in [5.74, 6) is -0.143. The van der Waals surface area contributed by atoms with E-state index in [1.165, 1.54) is 33.5 Å². The molecule has 2 N–H and O–H groups in total. The first-order valence-corrected chi connectivity index (χ1v) is 8.76. The summed E-state index contributed by atoms with van der Waals surface area (Å²) in [4.78, 5) is 19.8. The molecular formula is C21H19N3O6. The maximum atomic E-state index is 12.5. The van der Waals surface area contributed by atoms with Crippen LogP contribution in [-0.2, 0) is 4.74 Å². The molecule has 0 radical (unpaired) electrons. The number of hydrogen-bond acceptors (Lipinski definition) is 8. The second-order valence-corrected chi connectivity index (χ2v) is 6.02. The minimum absolute atomic E-state index is 0.0743. The third kappa shape index (κ3) is 3.98. The number of esters is 1. The third-order valence-corrected chi connectivity index (χ3v) is 4.29. The van der Waals surface area contributed by atoms with Gasteiger partial charge in [-0.2, -0.15) is 5.26 Å². The lowest BCUT2D eigenvalue weighted by Gasteiger charge is -2.13. The van der Waals surface area contributed by atoms with Gasteiger partial charge < -0.3 is 29.0 Å². The van der Waals surface area contributed by atoms with Crippen LogP contribution in [0.25, 0.3) is 16.6 Å². The Morgan fingerprint density at radius 2 is 1.77 bits per heavy atom. The Bertz CT molecular complexity index is 1130. The van der Waals surface area contributed by atoms with Gasteiger partial charge in [0.15, 0.2) is 23.1 Å². The molecule has 2 aromatic carbocycles. The second-order valence-electron chi connectivity index (χ2n) is 6.02. The summed E-state index contributed by atoms with van der Waals surface area (Å²) < 4.78 is 20.7. The van der Waals surface area contributed by atoms with E-state index in [2.05, 4.69) is 9.97 Å². The number of benzene rings is 2. The maximum Gasteiger partial charge on any atom is 0.342 e. The zero-order valence-electron chi connectivity index (χ0n) is 16.6. The van der Waals surface area contributed by atoms with E-state index in [1.54, 1.807) is 18.2 Å². The number of hydrogen-bond donors (Lipinski definition) is 2. The monoisotopic (exact) mass is 409 g/mol. The number of carbonyl (C=O) groups excluding carboxylic acids is 1. The third-order valence-electron chi connectivity index (χ3n) is 4.29. The number of aromatic nitrogens is 2. The van der Waals surface area contributed by atoms with E-state index in [1.807, 2.05) is 12.1 Å². The molecule has 3 aromatic rings. The van der Waals surface area contributed by atoms with Crippen LogP contribution in [-0.4, -0.2) is 49.0 Å². The van der Waals surface area contributed by atoms with Gasteiger partial charge in [0, 0.05) is 12.1 Å².